The van der Waals surface area contributed by atoms with Crippen LogP contribution in [0.25, 0.3) is 5.69 Å². The number of tetrazole rings is 1. The maximum atomic E-state index is 12.8. The Morgan fingerprint density at radius 3 is 2.79 bits per heavy atom. The molecule has 1 N–H and O–H groups in total. The highest BCUT2D eigenvalue weighted by molar-refractivity contribution is 7.99. The number of ether oxygens (including phenoxy) is 3. The summed E-state index contributed by atoms with van der Waals surface area (Å²) in [7, 11) is 3.12. The van der Waals surface area contributed by atoms with Crippen LogP contribution in [-0.4, -0.2) is 58.7 Å². The molecule has 0 fully saturated rings. The van der Waals surface area contributed by atoms with Crippen molar-refractivity contribution in [1.29, 1.82) is 0 Å². The highest BCUT2D eigenvalue weighted by Crippen LogP contribution is 2.39. The first-order chi connectivity index (χ1) is 16.5. The molecule has 34 heavy (non-hydrogen) atoms. The summed E-state index contributed by atoms with van der Waals surface area (Å²) < 4.78 is 17.5. The van der Waals surface area contributed by atoms with Crippen LogP contribution < -0.4 is 14.8 Å². The Morgan fingerprint density at radius 2 is 2.03 bits per heavy atom. The van der Waals surface area contributed by atoms with Gasteiger partial charge in [0.15, 0.2) is 0 Å². The third-order valence-electron chi connectivity index (χ3n) is 5.29. The van der Waals surface area contributed by atoms with Gasteiger partial charge in [0, 0.05) is 10.9 Å². The number of fused-ring (bicyclic) bond motifs is 1. The van der Waals surface area contributed by atoms with Gasteiger partial charge in [0.05, 0.1) is 32.1 Å². The first-order valence-corrected chi connectivity index (χ1v) is 12.6. The summed E-state index contributed by atoms with van der Waals surface area (Å²) in [6.45, 7) is 2.05. The lowest BCUT2D eigenvalue weighted by Gasteiger charge is -2.12. The van der Waals surface area contributed by atoms with Gasteiger partial charge in [-0.3, -0.25) is 4.79 Å². The predicted molar refractivity (Wildman–Crippen MR) is 129 cm³/mol. The van der Waals surface area contributed by atoms with Gasteiger partial charge in [-0.25, -0.2) is 4.79 Å². The number of methoxy groups -OCH3 is 2. The number of hydrogen-bond acceptors (Lipinski definition) is 10. The van der Waals surface area contributed by atoms with Crippen molar-refractivity contribution >= 4 is 40.0 Å². The summed E-state index contributed by atoms with van der Waals surface area (Å²) >= 11 is 2.63. The quantitative estimate of drug-likeness (QED) is 0.346. The van der Waals surface area contributed by atoms with E-state index < -0.39 is 0 Å². The number of hydrogen-bond donors (Lipinski definition) is 1. The molecule has 12 heteroatoms. The Labute approximate surface area is 205 Å². The van der Waals surface area contributed by atoms with E-state index in [0.717, 1.165) is 36.1 Å². The fourth-order valence-corrected chi connectivity index (χ4v) is 5.73. The number of carbonyl (C=O) groups is 2. The Hall–Kier alpha value is -3.12. The summed E-state index contributed by atoms with van der Waals surface area (Å²) in [6, 6.07) is 5.28. The summed E-state index contributed by atoms with van der Waals surface area (Å²) in [5.74, 6) is 0.577. The zero-order chi connectivity index (χ0) is 24.1. The van der Waals surface area contributed by atoms with Crippen molar-refractivity contribution in [1.82, 2.24) is 20.2 Å². The van der Waals surface area contributed by atoms with Crippen molar-refractivity contribution in [2.45, 2.75) is 37.8 Å². The van der Waals surface area contributed by atoms with E-state index in [2.05, 4.69) is 20.8 Å². The Bertz CT molecular complexity index is 1190. The standard InChI is InChI=1S/C22H25N5O5S2/c1-4-32-21(29)19-14-7-5-6-8-17(14)34-20(19)23-18(28)12-33-22-24-25-26-27(22)15-11-13(30-2)9-10-16(15)31-3/h9-11H,4-8,12H2,1-3H3,(H,23,28). The SMILES string of the molecule is CCOC(=O)c1c(NC(=O)CSc2nnnn2-c2cc(OC)ccc2OC)sc2c1CCCC2. The number of aromatic nitrogens is 4. The van der Waals surface area contributed by atoms with Crippen LogP contribution in [0.5, 0.6) is 11.5 Å². The molecular weight excluding hydrogens is 478 g/mol. The third-order valence-corrected chi connectivity index (χ3v) is 7.42. The lowest BCUT2D eigenvalue weighted by atomic mass is 9.95. The van der Waals surface area contributed by atoms with Gasteiger partial charge < -0.3 is 19.5 Å². The second kappa shape index (κ2) is 10.9. The van der Waals surface area contributed by atoms with E-state index in [1.165, 1.54) is 27.8 Å². The minimum absolute atomic E-state index is 0.0531. The van der Waals surface area contributed by atoms with Crippen LogP contribution in [0.15, 0.2) is 23.4 Å². The molecule has 180 valence electrons. The lowest BCUT2D eigenvalue weighted by Crippen LogP contribution is -2.17. The van der Waals surface area contributed by atoms with Crippen molar-refractivity contribution in [3.63, 3.8) is 0 Å². The molecule has 1 aliphatic rings. The predicted octanol–water partition coefficient (Wildman–Crippen LogP) is 3.53. The third kappa shape index (κ3) is 5.02. The van der Waals surface area contributed by atoms with E-state index in [9.17, 15) is 9.59 Å². The Morgan fingerprint density at radius 1 is 1.21 bits per heavy atom. The highest BCUT2D eigenvalue weighted by atomic mass is 32.2. The zero-order valence-corrected chi connectivity index (χ0v) is 20.8. The number of nitrogens with one attached hydrogen (secondary N) is 1. The molecule has 2 aromatic heterocycles. The molecule has 4 rings (SSSR count). The normalized spacial score (nSPS) is 12.7. The number of anilines is 1. The van der Waals surface area contributed by atoms with E-state index >= 15 is 0 Å². The van der Waals surface area contributed by atoms with Gasteiger partial charge in [-0.1, -0.05) is 11.8 Å². The molecule has 1 aliphatic carbocycles. The van der Waals surface area contributed by atoms with E-state index in [1.807, 2.05) is 0 Å². The molecule has 3 aromatic rings. The maximum Gasteiger partial charge on any atom is 0.341 e. The molecule has 1 amide bonds. The van der Waals surface area contributed by atoms with Crippen molar-refractivity contribution < 1.29 is 23.8 Å². The number of aryl methyl sites for hydroxylation is 1. The molecule has 0 spiro atoms. The second-order valence-electron chi connectivity index (χ2n) is 7.38. The van der Waals surface area contributed by atoms with Crippen LogP contribution in [0.1, 0.15) is 40.6 Å². The summed E-state index contributed by atoms with van der Waals surface area (Å²) in [6.07, 6.45) is 3.83. The van der Waals surface area contributed by atoms with Crippen molar-refractivity contribution in [3.05, 3.63) is 34.2 Å². The van der Waals surface area contributed by atoms with Crippen LogP contribution in [0, 0.1) is 0 Å². The largest absolute Gasteiger partial charge is 0.497 e. The van der Waals surface area contributed by atoms with Crippen LogP contribution in [-0.2, 0) is 22.4 Å². The smallest absolute Gasteiger partial charge is 0.341 e. The van der Waals surface area contributed by atoms with E-state index in [4.69, 9.17) is 14.2 Å². The fourth-order valence-electron chi connectivity index (χ4n) is 3.75. The van der Waals surface area contributed by atoms with E-state index in [1.54, 1.807) is 39.3 Å². The maximum absolute atomic E-state index is 12.8. The molecule has 0 atom stereocenters. The summed E-state index contributed by atoms with van der Waals surface area (Å²) in [4.78, 5) is 26.6. The first kappa shape index (κ1) is 24.0. The molecule has 2 heterocycles. The number of rotatable bonds is 9. The van der Waals surface area contributed by atoms with Crippen molar-refractivity contribution in [2.24, 2.45) is 0 Å². The number of thioether (sulfide) groups is 1. The minimum atomic E-state index is -0.390. The van der Waals surface area contributed by atoms with Crippen LogP contribution in [0.3, 0.4) is 0 Å². The minimum Gasteiger partial charge on any atom is -0.497 e. The van der Waals surface area contributed by atoms with Crippen molar-refractivity contribution in [3.8, 4) is 17.2 Å². The van der Waals surface area contributed by atoms with Gasteiger partial charge in [-0.15, -0.1) is 16.4 Å². The molecule has 1 aromatic carbocycles. The van der Waals surface area contributed by atoms with E-state index in [-0.39, 0.29) is 24.2 Å². The van der Waals surface area contributed by atoms with Gasteiger partial charge in [0.2, 0.25) is 11.1 Å². The molecule has 0 saturated carbocycles. The van der Waals surface area contributed by atoms with Gasteiger partial charge >= 0.3 is 5.97 Å². The summed E-state index contributed by atoms with van der Waals surface area (Å²) in [5.41, 5.74) is 2.09. The molecule has 0 bridgehead atoms. The Kier molecular flexibility index (Phi) is 7.68. The zero-order valence-electron chi connectivity index (χ0n) is 19.1. The number of carbonyl (C=O) groups excluding carboxylic acids is 2. The van der Waals surface area contributed by atoms with Crippen LogP contribution >= 0.6 is 23.1 Å². The number of amides is 1. The van der Waals surface area contributed by atoms with E-state index in [0.29, 0.717) is 32.9 Å². The first-order valence-electron chi connectivity index (χ1n) is 10.8. The van der Waals surface area contributed by atoms with Crippen molar-refractivity contribution in [2.75, 3.05) is 31.9 Å². The molecule has 0 aliphatic heterocycles. The Balaban J connectivity index is 1.50. The topological polar surface area (TPSA) is 117 Å². The average Bonchev–Trinajstić information content (AvgIpc) is 3.46. The van der Waals surface area contributed by atoms with Gasteiger partial charge in [-0.05, 0) is 60.7 Å². The second-order valence-corrected chi connectivity index (χ2v) is 9.43. The van der Waals surface area contributed by atoms with Gasteiger partial charge in [0.1, 0.15) is 22.2 Å². The number of benzene rings is 1. The van der Waals surface area contributed by atoms with Crippen LogP contribution in [0.2, 0.25) is 0 Å². The molecule has 0 unspecified atom stereocenters. The number of thiophene rings is 1. The molecule has 10 nitrogen and oxygen atoms in total. The molecule has 0 radical (unpaired) electrons. The number of esters is 1. The monoisotopic (exact) mass is 503 g/mol. The lowest BCUT2D eigenvalue weighted by molar-refractivity contribution is -0.113. The van der Waals surface area contributed by atoms with Gasteiger partial charge in [0.25, 0.3) is 0 Å². The molecule has 0 saturated heterocycles. The molecular formula is C22H25N5O5S2. The van der Waals surface area contributed by atoms with Crippen LogP contribution in [0.4, 0.5) is 5.00 Å². The highest BCUT2D eigenvalue weighted by Gasteiger charge is 2.27. The van der Waals surface area contributed by atoms with Gasteiger partial charge in [-0.2, -0.15) is 4.68 Å². The summed E-state index contributed by atoms with van der Waals surface area (Å²) in [5, 5.41) is 15.7. The average molecular weight is 504 g/mol. The fraction of sp³-hybridized carbons (Fsp3) is 0.409. The number of nitrogens with zero attached hydrogens (tertiary/aromatic N) is 4.